The van der Waals surface area contributed by atoms with E-state index in [1.54, 1.807) is 29.6 Å². The Balaban J connectivity index is 2.27. The molecule has 1 fully saturated rings. The van der Waals surface area contributed by atoms with E-state index in [-0.39, 0.29) is 16.9 Å². The predicted octanol–water partition coefficient (Wildman–Crippen LogP) is 2.21. The number of rotatable bonds is 4. The molecule has 0 bridgehead atoms. The van der Waals surface area contributed by atoms with Gasteiger partial charge in [-0.15, -0.1) is 0 Å². The smallest absolute Gasteiger partial charge is 0.243 e. The number of nitrogens with zero attached hydrogens (tertiary/aromatic N) is 1. The molecule has 0 radical (unpaired) electrons. The monoisotopic (exact) mass is 376 g/mol. The molecule has 0 saturated carbocycles. The van der Waals surface area contributed by atoms with E-state index in [1.807, 2.05) is 6.92 Å². The van der Waals surface area contributed by atoms with Crippen molar-refractivity contribution in [1.29, 1.82) is 0 Å². The zero-order valence-electron chi connectivity index (χ0n) is 12.3. The fraction of sp³-hybridized carbons (Fsp3) is 0.571. The molecule has 1 aromatic rings. The lowest BCUT2D eigenvalue weighted by molar-refractivity contribution is 0.230. The summed E-state index contributed by atoms with van der Waals surface area (Å²) in [6.45, 7) is 3.01. The Kier molecular flexibility index (Phi) is 5.29. The molecule has 1 aliphatic heterocycles. The highest BCUT2D eigenvalue weighted by atomic mass is 79.9. The van der Waals surface area contributed by atoms with E-state index >= 15 is 0 Å². The maximum atomic E-state index is 12.7. The first-order valence-corrected chi connectivity index (χ1v) is 9.22. The lowest BCUT2D eigenvalue weighted by Gasteiger charge is -2.35. The molecule has 2 atom stereocenters. The Morgan fingerprint density at radius 3 is 2.76 bits per heavy atom. The zero-order chi connectivity index (χ0) is 15.6. The maximum absolute atomic E-state index is 12.7. The van der Waals surface area contributed by atoms with Gasteiger partial charge in [0.15, 0.2) is 0 Å². The summed E-state index contributed by atoms with van der Waals surface area (Å²) in [5.41, 5.74) is 6.05. The Morgan fingerprint density at radius 1 is 1.48 bits per heavy atom. The Labute approximate surface area is 134 Å². The molecule has 0 spiro atoms. The van der Waals surface area contributed by atoms with Crippen LogP contribution in [0.1, 0.15) is 19.8 Å². The molecule has 1 aliphatic rings. The fourth-order valence-electron chi connectivity index (χ4n) is 2.62. The van der Waals surface area contributed by atoms with Crippen LogP contribution in [0, 0.1) is 5.92 Å². The first kappa shape index (κ1) is 16.7. The first-order chi connectivity index (χ1) is 9.90. The highest BCUT2D eigenvalue weighted by molar-refractivity contribution is 9.10. The van der Waals surface area contributed by atoms with E-state index in [1.165, 1.54) is 0 Å². The van der Waals surface area contributed by atoms with Crippen LogP contribution in [-0.2, 0) is 10.0 Å². The van der Waals surface area contributed by atoms with Gasteiger partial charge in [-0.05, 0) is 46.5 Å². The molecule has 5 nitrogen and oxygen atoms in total. The van der Waals surface area contributed by atoms with Crippen molar-refractivity contribution in [2.24, 2.45) is 11.7 Å². The second kappa shape index (κ2) is 6.64. The highest BCUT2D eigenvalue weighted by Crippen LogP contribution is 2.30. The van der Waals surface area contributed by atoms with Crippen molar-refractivity contribution in [2.75, 3.05) is 20.2 Å². The van der Waals surface area contributed by atoms with Crippen LogP contribution in [0.25, 0.3) is 0 Å². The molecule has 21 heavy (non-hydrogen) atoms. The van der Waals surface area contributed by atoms with Crippen LogP contribution in [0.3, 0.4) is 0 Å². The second-order valence-corrected chi connectivity index (χ2v) is 8.07. The summed E-state index contributed by atoms with van der Waals surface area (Å²) in [7, 11) is -1.94. The van der Waals surface area contributed by atoms with Crippen molar-refractivity contribution in [3.63, 3.8) is 0 Å². The summed E-state index contributed by atoms with van der Waals surface area (Å²) < 4.78 is 32.8. The van der Waals surface area contributed by atoms with Crippen molar-refractivity contribution in [3.05, 3.63) is 22.7 Å². The highest BCUT2D eigenvalue weighted by Gasteiger charge is 2.33. The van der Waals surface area contributed by atoms with Gasteiger partial charge < -0.3 is 10.5 Å². The van der Waals surface area contributed by atoms with E-state index < -0.39 is 10.0 Å². The number of piperidine rings is 1. The first-order valence-electron chi connectivity index (χ1n) is 6.99. The minimum Gasteiger partial charge on any atom is -0.496 e. The van der Waals surface area contributed by atoms with Crippen LogP contribution in [0.4, 0.5) is 0 Å². The van der Waals surface area contributed by atoms with E-state index in [2.05, 4.69) is 15.9 Å². The van der Waals surface area contributed by atoms with Gasteiger partial charge in [-0.25, -0.2) is 8.42 Å². The number of nitrogens with two attached hydrogens (primary N) is 1. The van der Waals surface area contributed by atoms with Crippen molar-refractivity contribution in [2.45, 2.75) is 30.7 Å². The van der Waals surface area contributed by atoms with Gasteiger partial charge in [0.2, 0.25) is 10.0 Å². The summed E-state index contributed by atoms with van der Waals surface area (Å²) in [6, 6.07) is 4.91. The summed E-state index contributed by atoms with van der Waals surface area (Å²) in [6.07, 6.45) is 1.59. The van der Waals surface area contributed by atoms with E-state index in [0.717, 1.165) is 6.42 Å². The molecular weight excluding hydrogens is 356 g/mol. The summed E-state index contributed by atoms with van der Waals surface area (Å²) in [5, 5.41) is 0. The number of sulfonamides is 1. The van der Waals surface area contributed by atoms with Gasteiger partial charge in [0.1, 0.15) is 5.75 Å². The Hall–Kier alpha value is -0.630. The molecule has 0 aliphatic carbocycles. The average Bonchev–Trinajstić information content (AvgIpc) is 2.47. The average molecular weight is 377 g/mol. The lowest BCUT2D eigenvalue weighted by atomic mass is 9.92. The second-order valence-electron chi connectivity index (χ2n) is 5.28. The van der Waals surface area contributed by atoms with Gasteiger partial charge >= 0.3 is 0 Å². The van der Waals surface area contributed by atoms with Gasteiger partial charge in [0.25, 0.3) is 0 Å². The topological polar surface area (TPSA) is 72.6 Å². The number of benzene rings is 1. The molecule has 0 amide bonds. The van der Waals surface area contributed by atoms with Crippen LogP contribution in [0.2, 0.25) is 0 Å². The molecule has 2 N–H and O–H groups in total. The van der Waals surface area contributed by atoms with Gasteiger partial charge in [-0.1, -0.05) is 13.3 Å². The van der Waals surface area contributed by atoms with Crippen molar-refractivity contribution in [3.8, 4) is 5.75 Å². The standard InChI is InChI=1S/C14H21BrN2O3S/c1-3-10-9-17(7-6-13(10)16)21(18,19)11-4-5-14(20-2)12(15)8-11/h4-5,8,10,13H,3,6-7,9,16H2,1-2H3. The number of methoxy groups -OCH3 is 1. The third kappa shape index (κ3) is 3.41. The molecule has 0 aromatic heterocycles. The minimum atomic E-state index is -3.48. The van der Waals surface area contributed by atoms with Gasteiger partial charge in [-0.2, -0.15) is 4.31 Å². The Bertz CT molecular complexity index is 606. The van der Waals surface area contributed by atoms with Crippen LogP contribution in [0.15, 0.2) is 27.6 Å². The molecule has 1 saturated heterocycles. The van der Waals surface area contributed by atoms with Gasteiger partial charge in [0, 0.05) is 19.1 Å². The summed E-state index contributed by atoms with van der Waals surface area (Å²) in [4.78, 5) is 0.278. The van der Waals surface area contributed by atoms with Crippen LogP contribution in [0.5, 0.6) is 5.75 Å². The van der Waals surface area contributed by atoms with E-state index in [4.69, 9.17) is 10.5 Å². The summed E-state index contributed by atoms with van der Waals surface area (Å²) in [5.74, 6) is 0.830. The number of ether oxygens (including phenoxy) is 1. The minimum absolute atomic E-state index is 0.0871. The van der Waals surface area contributed by atoms with E-state index in [9.17, 15) is 8.42 Å². The zero-order valence-corrected chi connectivity index (χ0v) is 14.7. The third-order valence-electron chi connectivity index (χ3n) is 4.04. The van der Waals surface area contributed by atoms with Crippen LogP contribution >= 0.6 is 15.9 Å². The van der Waals surface area contributed by atoms with E-state index in [0.29, 0.717) is 29.7 Å². The third-order valence-corrected chi connectivity index (χ3v) is 6.52. The number of halogens is 1. The van der Waals surface area contributed by atoms with Gasteiger partial charge in [-0.3, -0.25) is 0 Å². The lowest BCUT2D eigenvalue weighted by Crippen LogP contribution is -2.48. The molecule has 118 valence electrons. The van der Waals surface area contributed by atoms with Crippen LogP contribution in [-0.4, -0.2) is 39.0 Å². The predicted molar refractivity (Wildman–Crippen MR) is 85.8 cm³/mol. The molecule has 2 rings (SSSR count). The Morgan fingerprint density at radius 2 is 2.19 bits per heavy atom. The SMILES string of the molecule is CCC1CN(S(=O)(=O)c2ccc(OC)c(Br)c2)CCC1N. The van der Waals surface area contributed by atoms with Crippen LogP contribution < -0.4 is 10.5 Å². The van der Waals surface area contributed by atoms with Crippen molar-refractivity contribution < 1.29 is 13.2 Å². The largest absolute Gasteiger partial charge is 0.496 e. The fourth-order valence-corrected chi connectivity index (χ4v) is 4.85. The normalized spacial score (nSPS) is 24.0. The molecule has 1 heterocycles. The van der Waals surface area contributed by atoms with Crippen molar-refractivity contribution >= 4 is 26.0 Å². The van der Waals surface area contributed by atoms with Crippen molar-refractivity contribution in [1.82, 2.24) is 4.31 Å². The van der Waals surface area contributed by atoms with Gasteiger partial charge in [0.05, 0.1) is 16.5 Å². The number of hydrogen-bond donors (Lipinski definition) is 1. The molecule has 2 unspecified atom stereocenters. The molecular formula is C14H21BrN2O3S. The number of hydrogen-bond acceptors (Lipinski definition) is 4. The quantitative estimate of drug-likeness (QED) is 0.873. The summed E-state index contributed by atoms with van der Waals surface area (Å²) >= 11 is 3.33. The molecule has 7 heteroatoms. The molecule has 1 aromatic carbocycles. The maximum Gasteiger partial charge on any atom is 0.243 e.